The number of aromatic nitrogens is 2. The molecule has 1 aromatic rings. The van der Waals surface area contributed by atoms with Gasteiger partial charge in [0.1, 0.15) is 12.3 Å². The van der Waals surface area contributed by atoms with Gasteiger partial charge in [0.25, 0.3) is 5.56 Å². The van der Waals surface area contributed by atoms with Crippen LogP contribution < -0.4 is 11.2 Å². The quantitative estimate of drug-likeness (QED) is 0.237. The van der Waals surface area contributed by atoms with E-state index in [1.165, 1.54) is 23.9 Å². The summed E-state index contributed by atoms with van der Waals surface area (Å²) in [5, 5.41) is 7.72. The Morgan fingerprint density at radius 1 is 1.14 bits per heavy atom. The summed E-state index contributed by atoms with van der Waals surface area (Å²) in [6, 6.07) is 1.21. The molecule has 200 valence electrons. The van der Waals surface area contributed by atoms with Crippen LogP contribution in [0.3, 0.4) is 0 Å². The third-order valence-corrected chi connectivity index (χ3v) is 5.24. The topological polar surface area (TPSA) is 135 Å². The van der Waals surface area contributed by atoms with Crippen LogP contribution in [0.15, 0.2) is 21.9 Å². The summed E-state index contributed by atoms with van der Waals surface area (Å²) in [4.78, 5) is 33.3. The Balaban J connectivity index is 0.00000111. The molecule has 1 aliphatic heterocycles. The molecular weight excluding hydrogens is 620 g/mol. The second kappa shape index (κ2) is 14.1. The highest BCUT2D eigenvalue weighted by Gasteiger charge is 2.51. The molecule has 1 saturated heterocycles. The molecule has 2 unspecified atom stereocenters. The summed E-state index contributed by atoms with van der Waals surface area (Å²) in [5.74, 6) is -2.94. The van der Waals surface area contributed by atoms with Gasteiger partial charge in [0.05, 0.1) is 13.2 Å². The summed E-state index contributed by atoms with van der Waals surface area (Å²) in [6.45, 7) is 0.483. The molecule has 11 nitrogen and oxygen atoms in total. The second-order valence-electron chi connectivity index (χ2n) is 6.88. The van der Waals surface area contributed by atoms with E-state index in [9.17, 15) is 18.9 Å². The van der Waals surface area contributed by atoms with Gasteiger partial charge >= 0.3 is 26.3 Å². The minimum Gasteiger partial charge on any atom is -0.481 e. The predicted molar refractivity (Wildman–Crippen MR) is 131 cm³/mol. The van der Waals surface area contributed by atoms with Crippen molar-refractivity contribution >= 4 is 84.3 Å². The van der Waals surface area contributed by atoms with Crippen LogP contribution in [0.5, 0.6) is 0 Å². The summed E-state index contributed by atoms with van der Waals surface area (Å²) in [5.41, 5.74) is -1.09. The maximum absolute atomic E-state index is 12.4. The number of ether oxygens (including phenoxy) is 3. The maximum atomic E-state index is 12.4. The summed E-state index contributed by atoms with van der Waals surface area (Å²) >= 11 is 34.4. The number of aliphatic carboxylic acids is 1. The lowest BCUT2D eigenvalue weighted by Crippen LogP contribution is -2.51. The average Bonchev–Trinajstić information content (AvgIpc) is 3.24. The van der Waals surface area contributed by atoms with E-state index in [1.54, 1.807) is 6.92 Å². The Bertz CT molecular complexity index is 960. The smallest absolute Gasteiger partial charge is 0.332 e. The molecule has 0 amide bonds. The van der Waals surface area contributed by atoms with E-state index < -0.39 is 65.0 Å². The zero-order chi connectivity index (χ0) is 27.0. The average molecular weight is 641 g/mol. The van der Waals surface area contributed by atoms with E-state index in [0.29, 0.717) is 0 Å². The van der Waals surface area contributed by atoms with Crippen LogP contribution in [0.1, 0.15) is 32.4 Å². The van der Waals surface area contributed by atoms with Crippen LogP contribution in [0, 0.1) is 0 Å². The summed E-state index contributed by atoms with van der Waals surface area (Å²) < 4.78 is 31.5. The van der Waals surface area contributed by atoms with Crippen molar-refractivity contribution in [2.75, 3.05) is 13.2 Å². The van der Waals surface area contributed by atoms with Gasteiger partial charge in [0.15, 0.2) is 0 Å². The minimum absolute atomic E-state index is 0.190. The maximum Gasteiger partial charge on any atom is 0.332 e. The highest BCUT2D eigenvalue weighted by atomic mass is 35.6. The van der Waals surface area contributed by atoms with Crippen LogP contribution >= 0.6 is 78.3 Å². The zero-order valence-electron chi connectivity index (χ0n) is 18.2. The largest absolute Gasteiger partial charge is 0.481 e. The zero-order valence-corrected chi connectivity index (χ0v) is 23.6. The molecule has 1 fully saturated rings. The molecule has 2 atom stereocenters. The van der Waals surface area contributed by atoms with Crippen LogP contribution in [-0.2, 0) is 35.1 Å². The standard InChI is InChI=1S/C14H15Cl6N2O7P.C3H6O2/c1-21-9(23)4-5-22(11(21)24)10-3-2-8(28-10)14(29-30-25,26-6-12(15,16)17)27-7-13(18,19)20;1-2-3(4)5/h4-5,8,10H,2-3,6-7H2,1H3;2H2,1H3,(H,4,5). The first-order chi connectivity index (χ1) is 16.0. The van der Waals surface area contributed by atoms with Crippen molar-refractivity contribution in [3.8, 4) is 0 Å². The third kappa shape index (κ3) is 11.0. The van der Waals surface area contributed by atoms with Crippen molar-refractivity contribution in [1.82, 2.24) is 9.13 Å². The number of halogens is 6. The highest BCUT2D eigenvalue weighted by Crippen LogP contribution is 2.41. The fraction of sp³-hybridized carbons (Fsp3) is 0.706. The summed E-state index contributed by atoms with van der Waals surface area (Å²) in [7, 11) is 0.461. The number of nitrogens with zero attached hydrogens (tertiary/aromatic N) is 2. The molecule has 0 bridgehead atoms. The highest BCUT2D eigenvalue weighted by molar-refractivity contribution is 7.17. The Hall–Kier alpha value is -0.170. The molecule has 35 heavy (non-hydrogen) atoms. The Kier molecular flexibility index (Phi) is 13.2. The van der Waals surface area contributed by atoms with Gasteiger partial charge in [-0.3, -0.25) is 18.7 Å². The SMILES string of the molecule is CCC(=O)O.Cn1c(=O)ccn(C2CCC(C(OCC(Cl)(Cl)Cl)(OCC(Cl)(Cl)Cl)OP=O)O2)c1=O. The lowest BCUT2D eigenvalue weighted by atomic mass is 10.2. The van der Waals surface area contributed by atoms with E-state index in [0.717, 1.165) is 4.57 Å². The van der Waals surface area contributed by atoms with E-state index >= 15 is 0 Å². The third-order valence-electron chi connectivity index (χ3n) is 4.26. The number of alkyl halides is 6. The van der Waals surface area contributed by atoms with Gasteiger partial charge in [-0.05, 0) is 12.8 Å². The van der Waals surface area contributed by atoms with Crippen LogP contribution in [0.2, 0.25) is 0 Å². The van der Waals surface area contributed by atoms with Gasteiger partial charge in [-0.1, -0.05) is 76.5 Å². The van der Waals surface area contributed by atoms with Crippen LogP contribution in [-0.4, -0.2) is 53.1 Å². The molecule has 1 aliphatic rings. The molecule has 0 aromatic carbocycles. The van der Waals surface area contributed by atoms with E-state index in [2.05, 4.69) is 0 Å². The van der Waals surface area contributed by atoms with Crippen molar-refractivity contribution in [1.29, 1.82) is 0 Å². The first-order valence-electron chi connectivity index (χ1n) is 9.63. The Labute approximate surface area is 231 Å². The van der Waals surface area contributed by atoms with Crippen molar-refractivity contribution in [3.63, 3.8) is 0 Å². The first-order valence-corrected chi connectivity index (χ1v) is 12.6. The molecule has 0 spiro atoms. The number of rotatable bonds is 9. The van der Waals surface area contributed by atoms with Crippen molar-refractivity contribution in [3.05, 3.63) is 33.1 Å². The number of carbonyl (C=O) groups is 1. The monoisotopic (exact) mass is 638 g/mol. The van der Waals surface area contributed by atoms with Crippen molar-refractivity contribution in [2.24, 2.45) is 7.05 Å². The second-order valence-corrected chi connectivity index (χ2v) is 12.2. The van der Waals surface area contributed by atoms with Gasteiger partial charge in [0, 0.05) is 25.7 Å². The van der Waals surface area contributed by atoms with E-state index in [4.69, 9.17) is 93.4 Å². The normalized spacial score (nSPS) is 18.9. The molecule has 1 aromatic heterocycles. The predicted octanol–water partition coefficient (Wildman–Crippen LogP) is 4.36. The number of hydrogen-bond acceptors (Lipinski definition) is 8. The summed E-state index contributed by atoms with van der Waals surface area (Å²) in [6.07, 6.45) is 0.0739. The Morgan fingerprint density at radius 3 is 2.09 bits per heavy atom. The molecular formula is C17H21Cl6N2O9P. The molecule has 18 heteroatoms. The molecule has 0 aliphatic carbocycles. The fourth-order valence-electron chi connectivity index (χ4n) is 2.65. The molecule has 0 saturated carbocycles. The fourth-order valence-corrected chi connectivity index (χ4v) is 3.30. The van der Waals surface area contributed by atoms with E-state index in [-0.39, 0.29) is 19.3 Å². The molecule has 2 heterocycles. The number of carboxylic acids is 1. The van der Waals surface area contributed by atoms with Crippen LogP contribution in [0.25, 0.3) is 0 Å². The van der Waals surface area contributed by atoms with Crippen LogP contribution in [0.4, 0.5) is 0 Å². The van der Waals surface area contributed by atoms with Crippen molar-refractivity contribution < 1.29 is 33.2 Å². The van der Waals surface area contributed by atoms with Gasteiger partial charge in [-0.15, -0.1) is 0 Å². The minimum atomic E-state index is -2.20. The van der Waals surface area contributed by atoms with Gasteiger partial charge in [0.2, 0.25) is 7.59 Å². The molecule has 2 rings (SSSR count). The van der Waals surface area contributed by atoms with Gasteiger partial charge in [-0.25, -0.2) is 13.9 Å². The Morgan fingerprint density at radius 2 is 1.66 bits per heavy atom. The molecule has 1 N–H and O–H groups in total. The number of carboxylic acid groups (broad SMARTS) is 1. The van der Waals surface area contributed by atoms with Gasteiger partial charge in [-0.2, -0.15) is 0 Å². The molecule has 0 radical (unpaired) electrons. The van der Waals surface area contributed by atoms with Crippen molar-refractivity contribution in [2.45, 2.75) is 52.1 Å². The number of hydrogen-bond donors (Lipinski definition) is 1. The van der Waals surface area contributed by atoms with E-state index in [1.807, 2.05) is 0 Å². The first kappa shape index (κ1) is 32.9. The lowest BCUT2D eigenvalue weighted by Gasteiger charge is -2.36. The van der Waals surface area contributed by atoms with Gasteiger partial charge < -0.3 is 19.3 Å². The lowest BCUT2D eigenvalue weighted by molar-refractivity contribution is -0.381.